The molecular weight excluding hydrogens is 186 g/mol. The van der Waals surface area contributed by atoms with Gasteiger partial charge in [-0.2, -0.15) is 0 Å². The molecule has 2 rings (SSSR count). The van der Waals surface area contributed by atoms with Crippen LogP contribution in [0.1, 0.15) is 24.5 Å². The number of hydrogen-bond acceptors (Lipinski definition) is 3. The van der Waals surface area contributed by atoms with Gasteiger partial charge >= 0.3 is 0 Å². The largest absolute Gasteiger partial charge is 0.316 e. The first-order valence-corrected chi connectivity index (χ1v) is 5.52. The molecule has 0 saturated heterocycles. The Balaban J connectivity index is 0.000000195. The molecule has 0 spiro atoms. The van der Waals surface area contributed by atoms with Gasteiger partial charge in [-0.05, 0) is 30.5 Å². The molecule has 1 aliphatic rings. The Morgan fingerprint density at radius 3 is 2.40 bits per heavy atom. The third kappa shape index (κ3) is 4.42. The van der Waals surface area contributed by atoms with Crippen molar-refractivity contribution in [1.29, 1.82) is 0 Å². The Morgan fingerprint density at radius 2 is 1.87 bits per heavy atom. The molecule has 1 aromatic rings. The highest BCUT2D eigenvalue weighted by Crippen LogP contribution is 2.11. The number of hydrogen-bond donors (Lipinski definition) is 3. The summed E-state index contributed by atoms with van der Waals surface area (Å²) in [6, 6.07) is 8.63. The van der Waals surface area contributed by atoms with Crippen LogP contribution < -0.4 is 16.8 Å². The average molecular weight is 207 g/mol. The summed E-state index contributed by atoms with van der Waals surface area (Å²) < 4.78 is 0. The fourth-order valence-corrected chi connectivity index (χ4v) is 1.42. The highest BCUT2D eigenvalue weighted by atomic mass is 14.9. The molecule has 5 N–H and O–H groups in total. The highest BCUT2D eigenvalue weighted by molar-refractivity contribution is 5.28. The number of benzene rings is 1. The van der Waals surface area contributed by atoms with Gasteiger partial charge in [0.25, 0.3) is 0 Å². The second-order valence-electron chi connectivity index (χ2n) is 3.77. The average Bonchev–Trinajstić information content (AvgIpc) is 2.30. The molecule has 15 heavy (non-hydrogen) atoms. The highest BCUT2D eigenvalue weighted by Gasteiger charge is 2.05. The van der Waals surface area contributed by atoms with E-state index in [1.165, 1.54) is 17.5 Å². The van der Waals surface area contributed by atoms with Crippen molar-refractivity contribution in [2.45, 2.75) is 32.5 Å². The fourth-order valence-electron chi connectivity index (χ4n) is 1.42. The third-order valence-electron chi connectivity index (χ3n) is 2.48. The minimum absolute atomic E-state index is 0.116. The number of nitrogens with two attached hydrogens (primary N) is 2. The molecule has 0 bridgehead atoms. The summed E-state index contributed by atoms with van der Waals surface area (Å²) in [4.78, 5) is 0. The van der Waals surface area contributed by atoms with Gasteiger partial charge in [-0.3, -0.25) is 0 Å². The van der Waals surface area contributed by atoms with Crippen LogP contribution in [0.3, 0.4) is 0 Å². The Labute approximate surface area is 91.9 Å². The van der Waals surface area contributed by atoms with Crippen LogP contribution in [-0.2, 0) is 13.0 Å². The Kier molecular flexibility index (Phi) is 5.32. The molecule has 0 fully saturated rings. The molecule has 0 saturated carbocycles. The van der Waals surface area contributed by atoms with Gasteiger partial charge in [-0.25, -0.2) is 0 Å². The summed E-state index contributed by atoms with van der Waals surface area (Å²) in [6.45, 7) is 4.14. The van der Waals surface area contributed by atoms with Crippen LogP contribution in [0.2, 0.25) is 0 Å². The van der Waals surface area contributed by atoms with Crippen molar-refractivity contribution in [2.75, 3.05) is 6.54 Å². The maximum absolute atomic E-state index is 5.07. The van der Waals surface area contributed by atoms with Gasteiger partial charge in [-0.1, -0.05) is 31.2 Å². The van der Waals surface area contributed by atoms with Gasteiger partial charge in [0, 0.05) is 6.54 Å². The molecule has 1 aromatic carbocycles. The van der Waals surface area contributed by atoms with E-state index < -0.39 is 0 Å². The molecular formula is C12H21N3. The van der Waals surface area contributed by atoms with E-state index in [4.69, 9.17) is 11.5 Å². The van der Waals surface area contributed by atoms with E-state index in [1.807, 2.05) is 6.92 Å². The van der Waals surface area contributed by atoms with Crippen LogP contribution in [0.5, 0.6) is 0 Å². The van der Waals surface area contributed by atoms with E-state index in [0.29, 0.717) is 0 Å². The zero-order chi connectivity index (χ0) is 11.1. The van der Waals surface area contributed by atoms with E-state index in [0.717, 1.165) is 19.5 Å². The van der Waals surface area contributed by atoms with Crippen LogP contribution in [0.15, 0.2) is 24.3 Å². The van der Waals surface area contributed by atoms with Gasteiger partial charge in [0.05, 0.1) is 6.17 Å². The molecule has 0 aliphatic carbocycles. The first kappa shape index (κ1) is 12.2. The van der Waals surface area contributed by atoms with E-state index in [2.05, 4.69) is 29.6 Å². The van der Waals surface area contributed by atoms with Gasteiger partial charge in [0.2, 0.25) is 0 Å². The first-order valence-electron chi connectivity index (χ1n) is 5.52. The number of nitrogens with one attached hydrogen (secondary N) is 1. The number of fused-ring (bicyclic) bond motifs is 1. The van der Waals surface area contributed by atoms with Crippen molar-refractivity contribution in [2.24, 2.45) is 11.5 Å². The zero-order valence-electron chi connectivity index (χ0n) is 9.37. The summed E-state index contributed by atoms with van der Waals surface area (Å²) in [5.41, 5.74) is 13.1. The molecule has 0 radical (unpaired) electrons. The second-order valence-corrected chi connectivity index (χ2v) is 3.77. The summed E-state index contributed by atoms with van der Waals surface area (Å²) in [6.07, 6.45) is 1.94. The predicted octanol–water partition coefficient (Wildman–Crippen LogP) is 0.972. The van der Waals surface area contributed by atoms with Crippen molar-refractivity contribution in [3.63, 3.8) is 0 Å². The molecule has 3 heteroatoms. The van der Waals surface area contributed by atoms with Crippen LogP contribution in [0, 0.1) is 0 Å². The van der Waals surface area contributed by atoms with E-state index >= 15 is 0 Å². The van der Waals surface area contributed by atoms with Gasteiger partial charge in [0.15, 0.2) is 0 Å². The SMILES string of the molecule is CCC(N)N.c1ccc2c(c1)CCNC2. The molecule has 3 nitrogen and oxygen atoms in total. The standard InChI is InChI=1S/C9H11N.C3H10N2/c1-2-4-9-7-10-6-5-8(9)3-1;1-2-3(4)5/h1-4,10H,5-7H2;3H,2,4-5H2,1H3. The normalized spacial score (nSPS) is 14.1. The van der Waals surface area contributed by atoms with Gasteiger partial charge in [-0.15, -0.1) is 0 Å². The second kappa shape index (κ2) is 6.56. The Hall–Kier alpha value is -0.900. The molecule has 0 amide bonds. The Morgan fingerprint density at radius 1 is 1.27 bits per heavy atom. The molecule has 0 aromatic heterocycles. The summed E-state index contributed by atoms with van der Waals surface area (Å²) in [5.74, 6) is 0. The lowest BCUT2D eigenvalue weighted by molar-refractivity contribution is 0.644. The van der Waals surface area contributed by atoms with Crippen LogP contribution >= 0.6 is 0 Å². The van der Waals surface area contributed by atoms with Crippen molar-refractivity contribution in [1.82, 2.24) is 5.32 Å². The van der Waals surface area contributed by atoms with Crippen LogP contribution in [0.25, 0.3) is 0 Å². The summed E-state index contributed by atoms with van der Waals surface area (Å²) >= 11 is 0. The third-order valence-corrected chi connectivity index (χ3v) is 2.48. The maximum Gasteiger partial charge on any atom is 0.0518 e. The lowest BCUT2D eigenvalue weighted by atomic mass is 10.0. The van der Waals surface area contributed by atoms with Crippen molar-refractivity contribution in [3.05, 3.63) is 35.4 Å². The van der Waals surface area contributed by atoms with E-state index in [1.54, 1.807) is 0 Å². The lowest BCUT2D eigenvalue weighted by Crippen LogP contribution is -2.28. The zero-order valence-corrected chi connectivity index (χ0v) is 9.37. The van der Waals surface area contributed by atoms with Crippen molar-refractivity contribution >= 4 is 0 Å². The number of rotatable bonds is 1. The van der Waals surface area contributed by atoms with E-state index in [-0.39, 0.29) is 6.17 Å². The smallest absolute Gasteiger partial charge is 0.0518 e. The molecule has 0 unspecified atom stereocenters. The minimum atomic E-state index is -0.116. The van der Waals surface area contributed by atoms with Crippen molar-refractivity contribution in [3.8, 4) is 0 Å². The van der Waals surface area contributed by atoms with Crippen molar-refractivity contribution < 1.29 is 0 Å². The first-order chi connectivity index (χ1) is 7.24. The van der Waals surface area contributed by atoms with Gasteiger partial charge in [0.1, 0.15) is 0 Å². The summed E-state index contributed by atoms with van der Waals surface area (Å²) in [5, 5.41) is 3.34. The topological polar surface area (TPSA) is 64.1 Å². The van der Waals surface area contributed by atoms with E-state index in [9.17, 15) is 0 Å². The predicted molar refractivity (Wildman–Crippen MR) is 64.3 cm³/mol. The molecule has 1 aliphatic heterocycles. The minimum Gasteiger partial charge on any atom is -0.316 e. The lowest BCUT2D eigenvalue weighted by Gasteiger charge is -2.15. The maximum atomic E-state index is 5.07. The fraction of sp³-hybridized carbons (Fsp3) is 0.500. The molecule has 84 valence electrons. The monoisotopic (exact) mass is 207 g/mol. The summed E-state index contributed by atoms with van der Waals surface area (Å²) in [7, 11) is 0. The quantitative estimate of drug-likeness (QED) is 0.601. The Bertz CT molecular complexity index is 259. The van der Waals surface area contributed by atoms with Crippen LogP contribution in [-0.4, -0.2) is 12.7 Å². The van der Waals surface area contributed by atoms with Crippen LogP contribution in [0.4, 0.5) is 0 Å². The van der Waals surface area contributed by atoms with Gasteiger partial charge < -0.3 is 16.8 Å². The molecule has 1 heterocycles. The molecule has 0 atom stereocenters.